The molecular weight excluding hydrogens is 471 g/mol. The number of thiophene rings is 1. The van der Waals surface area contributed by atoms with Gasteiger partial charge in [0.25, 0.3) is 15.9 Å². The predicted octanol–water partition coefficient (Wildman–Crippen LogP) is 3.95. The first-order valence-electron chi connectivity index (χ1n) is 9.20. The first kappa shape index (κ1) is 23.0. The lowest BCUT2D eigenvalue weighted by Gasteiger charge is -2.14. The second kappa shape index (κ2) is 9.65. The molecule has 0 radical (unpaired) electrons. The van der Waals surface area contributed by atoms with Crippen molar-refractivity contribution in [3.05, 3.63) is 45.3 Å². The van der Waals surface area contributed by atoms with E-state index in [4.69, 9.17) is 27.9 Å². The molecule has 11 heteroatoms. The third-order valence-corrected chi connectivity index (χ3v) is 8.31. The van der Waals surface area contributed by atoms with Gasteiger partial charge in [0, 0.05) is 33.7 Å². The number of sulfonamides is 1. The zero-order valence-corrected chi connectivity index (χ0v) is 19.2. The molecule has 0 spiro atoms. The fourth-order valence-electron chi connectivity index (χ4n) is 2.95. The summed E-state index contributed by atoms with van der Waals surface area (Å²) in [5.41, 5.74) is 0.385. The molecule has 2 heterocycles. The fourth-order valence-corrected chi connectivity index (χ4v) is 6.49. The van der Waals surface area contributed by atoms with Crippen LogP contribution < -0.4 is 5.32 Å². The Labute approximate surface area is 189 Å². The molecule has 3 rings (SSSR count). The number of halogens is 2. The highest BCUT2D eigenvalue weighted by molar-refractivity contribution is 7.91. The van der Waals surface area contributed by atoms with Crippen molar-refractivity contribution in [2.45, 2.75) is 36.5 Å². The Kier molecular flexibility index (Phi) is 7.41. The summed E-state index contributed by atoms with van der Waals surface area (Å²) < 4.78 is 32.0. The number of rotatable bonds is 7. The van der Waals surface area contributed by atoms with E-state index in [0.717, 1.165) is 24.2 Å². The summed E-state index contributed by atoms with van der Waals surface area (Å²) in [6.07, 6.45) is 0.528. The molecule has 1 atom stereocenters. The molecule has 1 aromatic carbocycles. The van der Waals surface area contributed by atoms with E-state index in [9.17, 15) is 18.0 Å². The van der Waals surface area contributed by atoms with Crippen molar-refractivity contribution >= 4 is 62.1 Å². The zero-order chi connectivity index (χ0) is 21.9. The predicted molar refractivity (Wildman–Crippen MR) is 117 cm³/mol. The maximum atomic E-state index is 12.6. The van der Waals surface area contributed by atoms with Crippen LogP contribution in [-0.2, 0) is 30.8 Å². The van der Waals surface area contributed by atoms with Crippen molar-refractivity contribution in [3.63, 3.8) is 0 Å². The fraction of sp³-hybridized carbons (Fsp3) is 0.368. The van der Waals surface area contributed by atoms with Crippen LogP contribution in [-0.4, -0.2) is 43.8 Å². The number of nitrogens with one attached hydrogen (secondary N) is 1. The number of hydrogen-bond donors (Lipinski definition) is 1. The minimum atomic E-state index is -3.52. The van der Waals surface area contributed by atoms with Crippen LogP contribution in [0.1, 0.15) is 24.6 Å². The van der Waals surface area contributed by atoms with Gasteiger partial charge in [0.2, 0.25) is 0 Å². The molecular formula is C19H20Cl2N2O5S2. The molecule has 1 aliphatic rings. The zero-order valence-electron chi connectivity index (χ0n) is 16.1. The molecule has 0 bridgehead atoms. The van der Waals surface area contributed by atoms with Gasteiger partial charge in [-0.25, -0.2) is 8.42 Å². The molecule has 1 amide bonds. The van der Waals surface area contributed by atoms with E-state index in [1.807, 2.05) is 0 Å². The Bertz CT molecular complexity index is 1030. The van der Waals surface area contributed by atoms with E-state index in [1.54, 1.807) is 6.07 Å². The van der Waals surface area contributed by atoms with Gasteiger partial charge in [-0.3, -0.25) is 9.59 Å². The number of carbonyl (C=O) groups excluding carboxylic acids is 2. The highest BCUT2D eigenvalue weighted by Crippen LogP contribution is 2.28. The van der Waals surface area contributed by atoms with E-state index in [-0.39, 0.29) is 10.6 Å². The largest absolute Gasteiger partial charge is 0.452 e. The topological polar surface area (TPSA) is 92.8 Å². The van der Waals surface area contributed by atoms with Crippen molar-refractivity contribution in [2.75, 3.05) is 18.4 Å². The first-order chi connectivity index (χ1) is 14.1. The van der Waals surface area contributed by atoms with Crippen LogP contribution in [0.25, 0.3) is 0 Å². The van der Waals surface area contributed by atoms with Crippen LogP contribution in [0.4, 0.5) is 5.69 Å². The Hall–Kier alpha value is -1.65. The molecule has 2 aromatic rings. The lowest BCUT2D eigenvalue weighted by molar-refractivity contribution is -0.152. The van der Waals surface area contributed by atoms with Crippen LogP contribution in [0.2, 0.25) is 10.0 Å². The van der Waals surface area contributed by atoms with Crippen LogP contribution >= 0.6 is 34.5 Å². The SMILES string of the molecule is C[C@@H](OC(=O)Cc1ccc(S(=O)(=O)N2CCCC2)s1)C(=O)Nc1cc(Cl)cc(Cl)c1. The quantitative estimate of drug-likeness (QED) is 0.593. The molecule has 1 aliphatic heterocycles. The van der Waals surface area contributed by atoms with E-state index < -0.39 is 28.0 Å². The van der Waals surface area contributed by atoms with Crippen LogP contribution in [0, 0.1) is 0 Å². The monoisotopic (exact) mass is 490 g/mol. The summed E-state index contributed by atoms with van der Waals surface area (Å²) in [5.74, 6) is -1.17. The van der Waals surface area contributed by atoms with Crippen molar-refractivity contribution in [1.29, 1.82) is 0 Å². The highest BCUT2D eigenvalue weighted by Gasteiger charge is 2.29. The van der Waals surface area contributed by atoms with Crippen molar-refractivity contribution in [1.82, 2.24) is 4.31 Å². The van der Waals surface area contributed by atoms with Crippen molar-refractivity contribution < 1.29 is 22.7 Å². The average Bonchev–Trinajstić information content (AvgIpc) is 3.33. The number of anilines is 1. The molecule has 1 saturated heterocycles. The average molecular weight is 491 g/mol. The number of benzene rings is 1. The number of carbonyl (C=O) groups is 2. The highest BCUT2D eigenvalue weighted by atomic mass is 35.5. The lowest BCUT2D eigenvalue weighted by Crippen LogP contribution is -2.30. The Balaban J connectivity index is 1.56. The molecule has 162 valence electrons. The molecule has 0 saturated carbocycles. The molecule has 7 nitrogen and oxygen atoms in total. The third kappa shape index (κ3) is 5.73. The second-order valence-corrected chi connectivity index (χ2v) is 11.0. The van der Waals surface area contributed by atoms with Crippen LogP contribution in [0.5, 0.6) is 0 Å². The molecule has 30 heavy (non-hydrogen) atoms. The summed E-state index contributed by atoms with van der Waals surface area (Å²) in [6, 6.07) is 7.66. The first-order valence-corrected chi connectivity index (χ1v) is 12.2. The number of esters is 1. The number of nitrogens with zero attached hydrogens (tertiary/aromatic N) is 1. The molecule has 1 fully saturated rings. The number of ether oxygens (including phenoxy) is 1. The molecule has 1 N–H and O–H groups in total. The van der Waals surface area contributed by atoms with Gasteiger partial charge in [-0.2, -0.15) is 4.31 Å². The van der Waals surface area contributed by atoms with Gasteiger partial charge in [0.05, 0.1) is 6.42 Å². The summed E-state index contributed by atoms with van der Waals surface area (Å²) in [6.45, 7) is 2.47. The van der Waals surface area contributed by atoms with E-state index >= 15 is 0 Å². The lowest BCUT2D eigenvalue weighted by atomic mass is 10.3. The normalized spacial score (nSPS) is 15.7. The van der Waals surface area contributed by atoms with Gasteiger partial charge in [0.15, 0.2) is 6.10 Å². The third-order valence-electron chi connectivity index (χ3n) is 4.42. The molecule has 0 aliphatic carbocycles. The number of amides is 1. The summed E-state index contributed by atoms with van der Waals surface area (Å²) in [5, 5.41) is 3.30. The minimum absolute atomic E-state index is 0.124. The summed E-state index contributed by atoms with van der Waals surface area (Å²) >= 11 is 12.8. The molecule has 1 aromatic heterocycles. The van der Waals surface area contributed by atoms with Crippen LogP contribution in [0.15, 0.2) is 34.5 Å². The number of hydrogen-bond acceptors (Lipinski definition) is 6. The van der Waals surface area contributed by atoms with Crippen molar-refractivity contribution in [3.8, 4) is 0 Å². The standard InChI is InChI=1S/C19H20Cl2N2O5S2/c1-12(19(25)22-15-9-13(20)8-14(21)10-15)28-17(24)11-16-4-5-18(29-16)30(26,27)23-6-2-3-7-23/h4-5,8-10,12H,2-3,6-7,11H2,1H3,(H,22,25)/t12-/m1/s1. The van der Waals surface area contributed by atoms with E-state index in [0.29, 0.717) is 33.7 Å². The maximum Gasteiger partial charge on any atom is 0.311 e. The van der Waals surface area contributed by atoms with Gasteiger partial charge >= 0.3 is 5.97 Å². The second-order valence-electron chi connectivity index (χ2n) is 6.79. The maximum absolute atomic E-state index is 12.6. The molecule has 0 unspecified atom stereocenters. The Morgan fingerprint density at radius 2 is 1.80 bits per heavy atom. The van der Waals surface area contributed by atoms with Gasteiger partial charge in [-0.05, 0) is 50.1 Å². The van der Waals surface area contributed by atoms with E-state index in [1.165, 1.54) is 35.5 Å². The van der Waals surface area contributed by atoms with Gasteiger partial charge < -0.3 is 10.1 Å². The van der Waals surface area contributed by atoms with Crippen LogP contribution in [0.3, 0.4) is 0 Å². The summed E-state index contributed by atoms with van der Waals surface area (Å²) in [7, 11) is -3.52. The summed E-state index contributed by atoms with van der Waals surface area (Å²) in [4.78, 5) is 25.0. The smallest absolute Gasteiger partial charge is 0.311 e. The van der Waals surface area contributed by atoms with Gasteiger partial charge in [0.1, 0.15) is 4.21 Å². The Morgan fingerprint density at radius 1 is 1.17 bits per heavy atom. The minimum Gasteiger partial charge on any atom is -0.452 e. The van der Waals surface area contributed by atoms with Gasteiger partial charge in [-0.15, -0.1) is 11.3 Å². The van der Waals surface area contributed by atoms with Crippen molar-refractivity contribution in [2.24, 2.45) is 0 Å². The Morgan fingerprint density at radius 3 is 2.43 bits per heavy atom. The van der Waals surface area contributed by atoms with E-state index in [2.05, 4.69) is 5.32 Å². The van der Waals surface area contributed by atoms with Gasteiger partial charge in [-0.1, -0.05) is 23.2 Å².